The summed E-state index contributed by atoms with van der Waals surface area (Å²) in [5.41, 5.74) is 0.401. The van der Waals surface area contributed by atoms with Crippen LogP contribution in [0.15, 0.2) is 0 Å². The third-order valence-electron chi connectivity index (χ3n) is 4.22. The van der Waals surface area contributed by atoms with Crippen LogP contribution in [0.1, 0.15) is 71.6 Å². The van der Waals surface area contributed by atoms with Crippen molar-refractivity contribution in [3.8, 4) is 0 Å². The van der Waals surface area contributed by atoms with E-state index in [0.717, 1.165) is 5.92 Å². The highest BCUT2D eigenvalue weighted by atomic mass is 14.9. The largest absolute Gasteiger partial charge is 0.315 e. The molecule has 90 valence electrons. The van der Waals surface area contributed by atoms with Crippen molar-refractivity contribution in [3.63, 3.8) is 0 Å². The van der Waals surface area contributed by atoms with Crippen LogP contribution in [0.5, 0.6) is 0 Å². The number of hydrogen-bond donors (Lipinski definition) is 1. The fourth-order valence-electron chi connectivity index (χ4n) is 2.62. The van der Waals surface area contributed by atoms with E-state index in [9.17, 15) is 0 Å². The summed E-state index contributed by atoms with van der Waals surface area (Å²) in [5.74, 6) is 0.927. The lowest BCUT2D eigenvalue weighted by Gasteiger charge is -2.30. The van der Waals surface area contributed by atoms with Gasteiger partial charge in [0.05, 0.1) is 0 Å². The Balaban J connectivity index is 2.45. The van der Waals surface area contributed by atoms with Gasteiger partial charge in [0.1, 0.15) is 0 Å². The molecule has 0 bridgehead atoms. The summed E-state index contributed by atoms with van der Waals surface area (Å²) in [6.07, 6.45) is 12.8. The first-order valence-electron chi connectivity index (χ1n) is 6.85. The Bertz CT molecular complexity index is 167. The van der Waals surface area contributed by atoms with Crippen LogP contribution in [0.25, 0.3) is 0 Å². The second kappa shape index (κ2) is 6.52. The maximum absolute atomic E-state index is 3.54. The van der Waals surface area contributed by atoms with Crippen LogP contribution in [0.3, 0.4) is 0 Å². The Morgan fingerprint density at radius 1 is 0.933 bits per heavy atom. The predicted molar refractivity (Wildman–Crippen MR) is 68.2 cm³/mol. The van der Waals surface area contributed by atoms with E-state index in [4.69, 9.17) is 0 Å². The molecule has 0 amide bonds. The molecule has 0 aromatic heterocycles. The van der Waals surface area contributed by atoms with Crippen molar-refractivity contribution in [1.29, 1.82) is 0 Å². The van der Waals surface area contributed by atoms with Gasteiger partial charge in [0.25, 0.3) is 0 Å². The van der Waals surface area contributed by atoms with E-state index in [0.29, 0.717) is 5.54 Å². The van der Waals surface area contributed by atoms with E-state index in [1.807, 2.05) is 0 Å². The van der Waals surface area contributed by atoms with Crippen molar-refractivity contribution in [2.24, 2.45) is 5.92 Å². The van der Waals surface area contributed by atoms with Crippen molar-refractivity contribution in [2.75, 3.05) is 7.05 Å². The molecule has 0 saturated heterocycles. The maximum Gasteiger partial charge on any atom is 0.0150 e. The predicted octanol–water partition coefficient (Wildman–Crippen LogP) is 4.13. The molecule has 1 aliphatic carbocycles. The first kappa shape index (κ1) is 13.0. The second-order valence-corrected chi connectivity index (χ2v) is 5.76. The van der Waals surface area contributed by atoms with Crippen LogP contribution in [0.2, 0.25) is 0 Å². The molecule has 1 heteroatoms. The van der Waals surface area contributed by atoms with Crippen LogP contribution in [-0.4, -0.2) is 12.6 Å². The summed E-state index contributed by atoms with van der Waals surface area (Å²) in [5, 5.41) is 3.54. The zero-order valence-electron chi connectivity index (χ0n) is 10.9. The van der Waals surface area contributed by atoms with E-state index in [2.05, 4.69) is 26.2 Å². The van der Waals surface area contributed by atoms with Gasteiger partial charge >= 0.3 is 0 Å². The smallest absolute Gasteiger partial charge is 0.0150 e. The van der Waals surface area contributed by atoms with E-state index in [-0.39, 0.29) is 0 Å². The SMILES string of the molecule is CNC1(C)CCCCCCCC(C)CC1. The molecule has 1 rings (SSSR count). The number of rotatable bonds is 1. The summed E-state index contributed by atoms with van der Waals surface area (Å²) in [7, 11) is 2.13. The van der Waals surface area contributed by atoms with Crippen LogP contribution in [0.4, 0.5) is 0 Å². The van der Waals surface area contributed by atoms with Gasteiger partial charge < -0.3 is 5.32 Å². The summed E-state index contributed by atoms with van der Waals surface area (Å²) in [4.78, 5) is 0. The normalized spacial score (nSPS) is 35.8. The fraction of sp³-hybridized carbons (Fsp3) is 1.00. The molecule has 0 aliphatic heterocycles. The summed E-state index contributed by atoms with van der Waals surface area (Å²) >= 11 is 0. The van der Waals surface area contributed by atoms with Crippen LogP contribution >= 0.6 is 0 Å². The Labute approximate surface area is 96.0 Å². The molecule has 0 radical (unpaired) electrons. The monoisotopic (exact) mass is 211 g/mol. The molecule has 0 aromatic carbocycles. The van der Waals surface area contributed by atoms with Gasteiger partial charge in [-0.2, -0.15) is 0 Å². The minimum Gasteiger partial charge on any atom is -0.315 e. The highest BCUT2D eigenvalue weighted by molar-refractivity contribution is 4.82. The van der Waals surface area contributed by atoms with Gasteiger partial charge in [0.2, 0.25) is 0 Å². The molecule has 1 aliphatic rings. The molecule has 15 heavy (non-hydrogen) atoms. The van der Waals surface area contributed by atoms with E-state index >= 15 is 0 Å². The average Bonchev–Trinajstić information content (AvgIpc) is 2.27. The number of nitrogens with one attached hydrogen (secondary N) is 1. The maximum atomic E-state index is 3.54. The summed E-state index contributed by atoms with van der Waals surface area (Å²) in [6, 6.07) is 0. The minimum atomic E-state index is 0.401. The van der Waals surface area contributed by atoms with Crippen LogP contribution in [0, 0.1) is 5.92 Å². The molecule has 1 saturated carbocycles. The van der Waals surface area contributed by atoms with Gasteiger partial charge in [-0.3, -0.25) is 0 Å². The molecular weight excluding hydrogens is 182 g/mol. The van der Waals surface area contributed by atoms with E-state index in [1.165, 1.54) is 57.8 Å². The highest BCUT2D eigenvalue weighted by Gasteiger charge is 2.22. The quantitative estimate of drug-likeness (QED) is 0.688. The third kappa shape index (κ3) is 5.01. The van der Waals surface area contributed by atoms with Crippen molar-refractivity contribution in [1.82, 2.24) is 5.32 Å². The summed E-state index contributed by atoms with van der Waals surface area (Å²) in [6.45, 7) is 4.82. The van der Waals surface area contributed by atoms with Gasteiger partial charge in [0, 0.05) is 5.54 Å². The molecule has 1 fully saturated rings. The Morgan fingerprint density at radius 2 is 1.60 bits per heavy atom. The van der Waals surface area contributed by atoms with Crippen molar-refractivity contribution in [2.45, 2.75) is 77.2 Å². The molecule has 0 heterocycles. The zero-order valence-corrected chi connectivity index (χ0v) is 10.9. The Kier molecular flexibility index (Phi) is 5.66. The molecule has 2 unspecified atom stereocenters. The molecular formula is C14H29N. The van der Waals surface area contributed by atoms with Gasteiger partial charge in [-0.25, -0.2) is 0 Å². The van der Waals surface area contributed by atoms with Gasteiger partial charge in [-0.15, -0.1) is 0 Å². The molecule has 0 spiro atoms. The van der Waals surface area contributed by atoms with Crippen molar-refractivity contribution >= 4 is 0 Å². The first-order valence-corrected chi connectivity index (χ1v) is 6.85. The van der Waals surface area contributed by atoms with E-state index < -0.39 is 0 Å². The lowest BCUT2D eigenvalue weighted by molar-refractivity contribution is 0.292. The lowest BCUT2D eigenvalue weighted by atomic mass is 9.86. The van der Waals surface area contributed by atoms with Crippen molar-refractivity contribution < 1.29 is 0 Å². The van der Waals surface area contributed by atoms with Gasteiger partial charge in [-0.1, -0.05) is 45.4 Å². The second-order valence-electron chi connectivity index (χ2n) is 5.76. The summed E-state index contributed by atoms with van der Waals surface area (Å²) < 4.78 is 0. The van der Waals surface area contributed by atoms with Gasteiger partial charge in [-0.05, 0) is 39.2 Å². The van der Waals surface area contributed by atoms with Crippen molar-refractivity contribution in [3.05, 3.63) is 0 Å². The van der Waals surface area contributed by atoms with Crippen LogP contribution < -0.4 is 5.32 Å². The molecule has 0 aromatic rings. The Hall–Kier alpha value is -0.0400. The van der Waals surface area contributed by atoms with Gasteiger partial charge in [0.15, 0.2) is 0 Å². The topological polar surface area (TPSA) is 12.0 Å². The number of hydrogen-bond acceptors (Lipinski definition) is 1. The van der Waals surface area contributed by atoms with Crippen LogP contribution in [-0.2, 0) is 0 Å². The highest BCUT2D eigenvalue weighted by Crippen LogP contribution is 2.26. The third-order valence-corrected chi connectivity index (χ3v) is 4.22. The lowest BCUT2D eigenvalue weighted by Crippen LogP contribution is -2.39. The fourth-order valence-corrected chi connectivity index (χ4v) is 2.62. The first-order chi connectivity index (χ1) is 7.16. The molecule has 2 atom stereocenters. The molecule has 1 N–H and O–H groups in total. The molecule has 1 nitrogen and oxygen atoms in total. The zero-order chi connectivity index (χ0) is 11.1. The van der Waals surface area contributed by atoms with E-state index in [1.54, 1.807) is 0 Å². The average molecular weight is 211 g/mol. The minimum absolute atomic E-state index is 0.401. The standard InChI is InChI=1S/C14H29N/c1-13-9-7-5-4-6-8-11-14(2,15-3)12-10-13/h13,15H,4-12H2,1-3H3. The Morgan fingerprint density at radius 3 is 2.33 bits per heavy atom.